The smallest absolute Gasteiger partial charge is 0.128 e. The van der Waals surface area contributed by atoms with Gasteiger partial charge in [-0.3, -0.25) is 0 Å². The van der Waals surface area contributed by atoms with Crippen molar-refractivity contribution in [2.24, 2.45) is 0 Å². The summed E-state index contributed by atoms with van der Waals surface area (Å²) in [6.07, 6.45) is 1.75. The molecule has 0 aliphatic heterocycles. The highest BCUT2D eigenvalue weighted by Crippen LogP contribution is 2.20. The Labute approximate surface area is 108 Å². The van der Waals surface area contributed by atoms with Crippen molar-refractivity contribution in [3.63, 3.8) is 0 Å². The summed E-state index contributed by atoms with van der Waals surface area (Å²) in [5.74, 6) is 1.53. The van der Waals surface area contributed by atoms with Gasteiger partial charge in [0.1, 0.15) is 11.5 Å². The first-order chi connectivity index (χ1) is 8.19. The molecule has 0 radical (unpaired) electrons. The molecule has 0 amide bonds. The van der Waals surface area contributed by atoms with Crippen LogP contribution in [0.3, 0.4) is 0 Å². The number of halogens is 1. The molecule has 0 saturated carbocycles. The van der Waals surface area contributed by atoms with E-state index < -0.39 is 0 Å². The largest absolute Gasteiger partial charge is 0.462 e. The lowest BCUT2D eigenvalue weighted by molar-refractivity contribution is 0.525. The fourth-order valence-corrected chi connectivity index (χ4v) is 1.75. The minimum absolute atomic E-state index is 0.590. The highest BCUT2D eigenvalue weighted by Gasteiger charge is 2.02. The number of hydrogen-bond acceptors (Lipinski definition) is 2. The summed E-state index contributed by atoms with van der Waals surface area (Å²) in [6.45, 7) is 1.88. The molecule has 0 unspecified atom stereocenters. The van der Waals surface area contributed by atoms with Gasteiger partial charge in [-0.25, -0.2) is 0 Å². The molecule has 17 heavy (non-hydrogen) atoms. The summed E-state index contributed by atoms with van der Waals surface area (Å²) >= 11 is 3.37. The first-order valence-corrected chi connectivity index (χ1v) is 5.92. The van der Waals surface area contributed by atoms with E-state index in [-0.39, 0.29) is 0 Å². The van der Waals surface area contributed by atoms with Crippen molar-refractivity contribution in [3.05, 3.63) is 58.0 Å². The summed E-state index contributed by atoms with van der Waals surface area (Å²) in [7, 11) is 0. The highest BCUT2D eigenvalue weighted by molar-refractivity contribution is 9.10. The number of rotatable bonds is 2. The topological polar surface area (TPSA) is 36.9 Å². The zero-order chi connectivity index (χ0) is 12.3. The third-order valence-electron chi connectivity index (χ3n) is 2.32. The van der Waals surface area contributed by atoms with Crippen LogP contribution in [0.15, 0.2) is 45.3 Å². The van der Waals surface area contributed by atoms with Crippen molar-refractivity contribution in [2.75, 3.05) is 0 Å². The monoisotopic (exact) mass is 287 g/mol. The van der Waals surface area contributed by atoms with E-state index in [1.54, 1.807) is 6.08 Å². The van der Waals surface area contributed by atoms with E-state index in [1.807, 2.05) is 43.3 Å². The minimum Gasteiger partial charge on any atom is -0.462 e. The van der Waals surface area contributed by atoms with Crippen molar-refractivity contribution < 1.29 is 4.42 Å². The number of furan rings is 1. The second kappa shape index (κ2) is 5.03. The molecular formula is C14H10BrNO. The molecule has 0 bridgehead atoms. The average Bonchev–Trinajstić information content (AvgIpc) is 2.73. The Balaban J connectivity index is 2.37. The van der Waals surface area contributed by atoms with Crippen LogP contribution in [-0.4, -0.2) is 0 Å². The third-order valence-corrected chi connectivity index (χ3v) is 2.85. The second-order valence-corrected chi connectivity index (χ2v) is 4.54. The van der Waals surface area contributed by atoms with Gasteiger partial charge < -0.3 is 4.42 Å². The molecule has 0 N–H and O–H groups in total. The molecule has 2 rings (SSSR count). The molecule has 0 spiro atoms. The first kappa shape index (κ1) is 11.7. The van der Waals surface area contributed by atoms with E-state index in [4.69, 9.17) is 9.68 Å². The van der Waals surface area contributed by atoms with Crippen molar-refractivity contribution in [2.45, 2.75) is 6.92 Å². The van der Waals surface area contributed by atoms with Crippen molar-refractivity contribution in [1.82, 2.24) is 0 Å². The van der Waals surface area contributed by atoms with Gasteiger partial charge in [0.15, 0.2) is 0 Å². The fraction of sp³-hybridized carbons (Fsp3) is 0.0714. The summed E-state index contributed by atoms with van der Waals surface area (Å²) in [5, 5.41) is 9.15. The van der Waals surface area contributed by atoms with Crippen LogP contribution in [0.5, 0.6) is 0 Å². The maximum atomic E-state index is 9.15. The summed E-state index contributed by atoms with van der Waals surface area (Å²) in [4.78, 5) is 0. The van der Waals surface area contributed by atoms with Gasteiger partial charge >= 0.3 is 0 Å². The summed E-state index contributed by atoms with van der Waals surface area (Å²) in [6, 6.07) is 13.5. The molecule has 0 fully saturated rings. The Hall–Kier alpha value is -1.79. The Morgan fingerprint density at radius 2 is 1.94 bits per heavy atom. The zero-order valence-electron chi connectivity index (χ0n) is 9.27. The molecule has 84 valence electrons. The Kier molecular flexibility index (Phi) is 3.46. The van der Waals surface area contributed by atoms with Gasteiger partial charge in [0.2, 0.25) is 0 Å². The van der Waals surface area contributed by atoms with Crippen molar-refractivity contribution in [1.29, 1.82) is 5.26 Å². The van der Waals surface area contributed by atoms with E-state index >= 15 is 0 Å². The number of hydrogen-bond donors (Lipinski definition) is 0. The van der Waals surface area contributed by atoms with Gasteiger partial charge in [0, 0.05) is 4.47 Å². The lowest BCUT2D eigenvalue weighted by atomic mass is 10.1. The lowest BCUT2D eigenvalue weighted by Gasteiger charge is -1.98. The van der Waals surface area contributed by atoms with Gasteiger partial charge in [-0.1, -0.05) is 28.1 Å². The molecule has 0 aliphatic rings. The van der Waals surface area contributed by atoms with Crippen LogP contribution >= 0.6 is 15.9 Å². The predicted octanol–water partition coefficient (Wildman–Crippen LogP) is 4.41. The molecule has 3 heteroatoms. The van der Waals surface area contributed by atoms with Crippen LogP contribution in [0.2, 0.25) is 0 Å². The Morgan fingerprint density at radius 3 is 2.47 bits per heavy atom. The maximum Gasteiger partial charge on any atom is 0.128 e. The number of nitriles is 1. The molecule has 1 heterocycles. The Morgan fingerprint density at radius 1 is 1.24 bits per heavy atom. The molecule has 2 nitrogen and oxygen atoms in total. The summed E-state index contributed by atoms with van der Waals surface area (Å²) < 4.78 is 6.42. The minimum atomic E-state index is 0.590. The van der Waals surface area contributed by atoms with E-state index in [0.29, 0.717) is 11.3 Å². The molecule has 0 saturated heterocycles. The van der Waals surface area contributed by atoms with Crippen LogP contribution in [-0.2, 0) is 0 Å². The molecule has 1 aromatic heterocycles. The third kappa shape index (κ3) is 2.86. The normalized spacial score (nSPS) is 11.2. The average molecular weight is 288 g/mol. The van der Waals surface area contributed by atoms with Gasteiger partial charge in [-0.2, -0.15) is 5.26 Å². The van der Waals surface area contributed by atoms with E-state index in [9.17, 15) is 0 Å². The van der Waals surface area contributed by atoms with Crippen LogP contribution in [0.1, 0.15) is 17.1 Å². The van der Waals surface area contributed by atoms with Crippen molar-refractivity contribution >= 4 is 27.6 Å². The molecular weight excluding hydrogens is 278 g/mol. The van der Waals surface area contributed by atoms with Gasteiger partial charge in [0.25, 0.3) is 0 Å². The molecule has 2 aromatic rings. The highest BCUT2D eigenvalue weighted by atomic mass is 79.9. The van der Waals surface area contributed by atoms with E-state index in [1.165, 1.54) is 0 Å². The van der Waals surface area contributed by atoms with Gasteiger partial charge in [-0.05, 0) is 42.8 Å². The predicted molar refractivity (Wildman–Crippen MR) is 71.1 cm³/mol. The van der Waals surface area contributed by atoms with Crippen LogP contribution in [0.25, 0.3) is 11.6 Å². The van der Waals surface area contributed by atoms with Crippen LogP contribution in [0.4, 0.5) is 0 Å². The number of aryl methyl sites for hydroxylation is 1. The number of allylic oxidation sites excluding steroid dienone is 1. The van der Waals surface area contributed by atoms with Crippen LogP contribution < -0.4 is 0 Å². The lowest BCUT2D eigenvalue weighted by Crippen LogP contribution is -1.80. The number of nitrogens with zero attached hydrogens (tertiary/aromatic N) is 1. The fourth-order valence-electron chi connectivity index (χ4n) is 1.48. The maximum absolute atomic E-state index is 9.15. The van der Waals surface area contributed by atoms with E-state index in [0.717, 1.165) is 15.8 Å². The Bertz CT molecular complexity index is 587. The van der Waals surface area contributed by atoms with Crippen molar-refractivity contribution in [3.8, 4) is 6.07 Å². The number of benzene rings is 1. The molecule has 0 aliphatic carbocycles. The summed E-state index contributed by atoms with van der Waals surface area (Å²) in [5.41, 5.74) is 1.47. The standard InChI is InChI=1S/C14H10BrNO/c1-10-2-7-14(17-10)8-12(9-16)11-3-5-13(15)6-4-11/h2-8H,1H3. The quantitative estimate of drug-likeness (QED) is 0.767. The molecule has 1 aromatic carbocycles. The van der Waals surface area contributed by atoms with Gasteiger partial charge in [-0.15, -0.1) is 0 Å². The molecule has 0 atom stereocenters. The first-order valence-electron chi connectivity index (χ1n) is 5.13. The second-order valence-electron chi connectivity index (χ2n) is 3.63. The zero-order valence-corrected chi connectivity index (χ0v) is 10.9. The van der Waals surface area contributed by atoms with E-state index in [2.05, 4.69) is 22.0 Å². The van der Waals surface area contributed by atoms with Gasteiger partial charge in [0.05, 0.1) is 11.6 Å². The van der Waals surface area contributed by atoms with Crippen LogP contribution in [0, 0.1) is 18.3 Å². The SMILES string of the molecule is Cc1ccc(C=C(C#N)c2ccc(Br)cc2)o1.